The van der Waals surface area contributed by atoms with Crippen LogP contribution in [0.1, 0.15) is 18.6 Å². The summed E-state index contributed by atoms with van der Waals surface area (Å²) in [6.07, 6.45) is -0.938. The number of halogens is 4. The third-order valence-electron chi connectivity index (χ3n) is 2.38. The Morgan fingerprint density at radius 3 is 2.43 bits per heavy atom. The van der Waals surface area contributed by atoms with Gasteiger partial charge in [0.1, 0.15) is 12.7 Å². The molecule has 23 heavy (non-hydrogen) atoms. The van der Waals surface area contributed by atoms with Gasteiger partial charge in [-0.1, -0.05) is 64.6 Å². The van der Waals surface area contributed by atoms with E-state index in [0.717, 1.165) is 0 Å². The zero-order chi connectivity index (χ0) is 17.7. The summed E-state index contributed by atoms with van der Waals surface area (Å²) in [6.45, 7) is 0.223. The number of ether oxygens (including phenoxy) is 1. The van der Waals surface area contributed by atoms with E-state index in [4.69, 9.17) is 51.1 Å². The molecule has 0 unspecified atom stereocenters. The van der Waals surface area contributed by atoms with Gasteiger partial charge in [-0.3, -0.25) is 8.98 Å². The van der Waals surface area contributed by atoms with Gasteiger partial charge in [0.2, 0.25) is 3.79 Å². The van der Waals surface area contributed by atoms with Crippen molar-refractivity contribution in [3.63, 3.8) is 0 Å². The van der Waals surface area contributed by atoms with Crippen molar-refractivity contribution in [3.8, 4) is 0 Å². The lowest BCUT2D eigenvalue weighted by Gasteiger charge is -2.19. The first-order valence-corrected chi connectivity index (χ1v) is 9.04. The van der Waals surface area contributed by atoms with Gasteiger partial charge in [0.25, 0.3) is 0 Å². The number of alkyl halides is 3. The van der Waals surface area contributed by atoms with Gasteiger partial charge in [-0.15, -0.1) is 0 Å². The second kappa shape index (κ2) is 8.71. The quantitative estimate of drug-likeness (QED) is 0.536. The average molecular weight is 425 g/mol. The lowest BCUT2D eigenvalue weighted by molar-refractivity contribution is -0.146. The maximum Gasteiger partial charge on any atom is 0.336 e. The first-order valence-electron chi connectivity index (χ1n) is 6.12. The molecular weight excluding hydrogens is 412 g/mol. The maximum absolute atomic E-state index is 11.7. The Balaban J connectivity index is 2.79. The van der Waals surface area contributed by atoms with E-state index in [2.05, 4.69) is 8.91 Å². The monoisotopic (exact) mass is 423 g/mol. The third kappa shape index (κ3) is 8.39. The van der Waals surface area contributed by atoms with Gasteiger partial charge in [-0.05, 0) is 6.07 Å². The smallest absolute Gasteiger partial charge is 0.336 e. The summed E-state index contributed by atoms with van der Waals surface area (Å²) in [6, 6.07) is 6.55. The molecule has 130 valence electrons. The lowest BCUT2D eigenvalue weighted by atomic mass is 10.1. The van der Waals surface area contributed by atoms with Gasteiger partial charge in [0.05, 0.1) is 6.54 Å². The maximum atomic E-state index is 11.7. The number of benzene rings is 1. The van der Waals surface area contributed by atoms with Crippen molar-refractivity contribution in [2.45, 2.75) is 16.8 Å². The summed E-state index contributed by atoms with van der Waals surface area (Å²) in [5, 5.41) is 0.320. The van der Waals surface area contributed by atoms with Crippen LogP contribution in [0.4, 0.5) is 0 Å². The second-order valence-electron chi connectivity index (χ2n) is 4.30. The van der Waals surface area contributed by atoms with E-state index < -0.39 is 32.8 Å². The highest BCUT2D eigenvalue weighted by molar-refractivity contribution is 7.84. The fraction of sp³-hybridized carbons (Fsp3) is 0.417. The minimum atomic E-state index is -4.20. The average Bonchev–Trinajstić information content (AvgIpc) is 2.41. The number of rotatable bonds is 7. The number of hydrogen-bond acceptors (Lipinski definition) is 5. The van der Waals surface area contributed by atoms with Gasteiger partial charge in [-0.2, -0.15) is 13.1 Å². The Kier molecular flexibility index (Phi) is 7.86. The molecule has 0 amide bonds. The highest BCUT2D eigenvalue weighted by Crippen LogP contribution is 2.27. The molecule has 11 heteroatoms. The van der Waals surface area contributed by atoms with Crippen LogP contribution in [0.15, 0.2) is 24.3 Å². The summed E-state index contributed by atoms with van der Waals surface area (Å²) < 4.78 is 33.2. The van der Waals surface area contributed by atoms with Crippen molar-refractivity contribution in [2.75, 3.05) is 13.2 Å². The number of hydrogen-bond donors (Lipinski definition) is 1. The second-order valence-corrected chi connectivity index (χ2v) is 8.66. The van der Waals surface area contributed by atoms with Crippen molar-refractivity contribution in [2.24, 2.45) is 0 Å². The van der Waals surface area contributed by atoms with Gasteiger partial charge in [0.15, 0.2) is 0 Å². The van der Waals surface area contributed by atoms with Crippen LogP contribution in [0.25, 0.3) is 0 Å². The van der Waals surface area contributed by atoms with Gasteiger partial charge in [-0.25, -0.2) is 0 Å². The molecule has 0 heterocycles. The van der Waals surface area contributed by atoms with Crippen molar-refractivity contribution in [3.05, 3.63) is 34.9 Å². The Bertz CT molecular complexity index is 647. The predicted molar refractivity (Wildman–Crippen MR) is 89.1 cm³/mol. The molecule has 0 fully saturated rings. The lowest BCUT2D eigenvalue weighted by Crippen LogP contribution is -2.33. The third-order valence-corrected chi connectivity index (χ3v) is 4.00. The SMILES string of the molecule is CC(=O)O[C@@H](CNS(=O)(=O)OCC(Cl)(Cl)Cl)c1ccccc1Cl. The van der Waals surface area contributed by atoms with Crippen LogP contribution in [-0.4, -0.2) is 31.3 Å². The fourth-order valence-electron chi connectivity index (χ4n) is 1.52. The van der Waals surface area contributed by atoms with Gasteiger partial charge in [0, 0.05) is 17.5 Å². The molecule has 1 rings (SSSR count). The van der Waals surface area contributed by atoms with Crippen molar-refractivity contribution < 1.29 is 22.1 Å². The molecule has 0 bridgehead atoms. The Morgan fingerprint density at radius 2 is 1.91 bits per heavy atom. The Morgan fingerprint density at radius 1 is 1.30 bits per heavy atom. The van der Waals surface area contributed by atoms with Crippen LogP contribution in [0.3, 0.4) is 0 Å². The number of carbonyl (C=O) groups excluding carboxylic acids is 1. The Hall–Kier alpha value is -0.280. The summed E-state index contributed by atoms with van der Waals surface area (Å²) in [5.74, 6) is -0.601. The standard InChI is InChI=1S/C12H13Cl4NO5S/c1-8(18)22-11(9-4-2-3-5-10(9)13)6-17-23(19,20)21-7-12(14,15)16/h2-5,11,17H,6-7H2,1H3/t11-/m0/s1. The predicted octanol–water partition coefficient (Wildman–Crippen LogP) is 3.17. The van der Waals surface area contributed by atoms with E-state index in [0.29, 0.717) is 10.6 Å². The minimum Gasteiger partial charge on any atom is -0.456 e. The van der Waals surface area contributed by atoms with Crippen LogP contribution in [-0.2, 0) is 24.0 Å². The van der Waals surface area contributed by atoms with Crippen LogP contribution in [0.5, 0.6) is 0 Å². The largest absolute Gasteiger partial charge is 0.456 e. The molecule has 1 atom stereocenters. The molecule has 0 aromatic heterocycles. The van der Waals surface area contributed by atoms with Gasteiger partial charge < -0.3 is 4.74 Å². The minimum absolute atomic E-state index is 0.300. The zero-order valence-corrected chi connectivity index (χ0v) is 15.6. The summed E-state index contributed by atoms with van der Waals surface area (Å²) in [7, 11) is -4.20. The number of esters is 1. The first kappa shape index (κ1) is 20.8. The number of carbonyl (C=O) groups is 1. The fourth-order valence-corrected chi connectivity index (χ4v) is 2.90. The van der Waals surface area contributed by atoms with Crippen LogP contribution in [0, 0.1) is 0 Å². The molecule has 1 aromatic carbocycles. The molecule has 0 aliphatic rings. The molecular formula is C12H13Cl4NO5S. The van der Waals surface area contributed by atoms with Crippen molar-refractivity contribution in [1.29, 1.82) is 0 Å². The summed E-state index contributed by atoms with van der Waals surface area (Å²) >= 11 is 22.3. The highest BCUT2D eigenvalue weighted by Gasteiger charge is 2.26. The molecule has 0 saturated carbocycles. The normalized spacial score (nSPS) is 13.6. The van der Waals surface area contributed by atoms with E-state index in [9.17, 15) is 13.2 Å². The van der Waals surface area contributed by atoms with E-state index in [1.165, 1.54) is 6.92 Å². The zero-order valence-electron chi connectivity index (χ0n) is 11.8. The van der Waals surface area contributed by atoms with E-state index in [1.54, 1.807) is 24.3 Å². The van der Waals surface area contributed by atoms with E-state index in [-0.39, 0.29) is 6.54 Å². The molecule has 0 spiro atoms. The molecule has 1 N–H and O–H groups in total. The van der Waals surface area contributed by atoms with Crippen LogP contribution >= 0.6 is 46.4 Å². The summed E-state index contributed by atoms with van der Waals surface area (Å²) in [4.78, 5) is 11.2. The number of nitrogens with one attached hydrogen (secondary N) is 1. The van der Waals surface area contributed by atoms with Crippen LogP contribution in [0.2, 0.25) is 5.02 Å². The topological polar surface area (TPSA) is 81.7 Å². The summed E-state index contributed by atoms with van der Waals surface area (Å²) in [5.41, 5.74) is 0.438. The highest BCUT2D eigenvalue weighted by atomic mass is 35.6. The van der Waals surface area contributed by atoms with E-state index >= 15 is 0 Å². The van der Waals surface area contributed by atoms with Gasteiger partial charge >= 0.3 is 16.3 Å². The molecule has 0 radical (unpaired) electrons. The Labute approximate surface area is 154 Å². The molecule has 0 aliphatic heterocycles. The molecule has 6 nitrogen and oxygen atoms in total. The van der Waals surface area contributed by atoms with Crippen molar-refractivity contribution >= 4 is 62.7 Å². The molecule has 1 aromatic rings. The van der Waals surface area contributed by atoms with E-state index in [1.807, 2.05) is 0 Å². The van der Waals surface area contributed by atoms with Crippen LogP contribution < -0.4 is 4.72 Å². The first-order chi connectivity index (χ1) is 10.5. The van der Waals surface area contributed by atoms with Crippen molar-refractivity contribution in [1.82, 2.24) is 4.72 Å². The molecule has 0 aliphatic carbocycles. The molecule has 0 saturated heterocycles.